The lowest BCUT2D eigenvalue weighted by atomic mass is 10.3. The summed E-state index contributed by atoms with van der Waals surface area (Å²) in [6.45, 7) is 8.75. The molecule has 0 aliphatic heterocycles. The van der Waals surface area contributed by atoms with E-state index in [1.54, 1.807) is 34.6 Å². The molecule has 0 aromatic carbocycles. The zero-order valence-electron chi connectivity index (χ0n) is 17.3. The number of nitrogens with two attached hydrogens (primary N) is 1. The Hall–Kier alpha value is -2.67. The Balaban J connectivity index is 2.11. The van der Waals surface area contributed by atoms with Crippen LogP contribution in [0.15, 0.2) is 5.16 Å². The fourth-order valence-corrected chi connectivity index (χ4v) is 3.98. The van der Waals surface area contributed by atoms with Gasteiger partial charge < -0.3 is 20.5 Å². The van der Waals surface area contributed by atoms with Crippen molar-refractivity contribution >= 4 is 52.0 Å². The van der Waals surface area contributed by atoms with Crippen LogP contribution in [0.2, 0.25) is 0 Å². The molecule has 30 heavy (non-hydrogen) atoms. The Kier molecular flexibility index (Phi) is 8.17. The van der Waals surface area contributed by atoms with Gasteiger partial charge in [-0.05, 0) is 34.6 Å². The molecule has 1 amide bonds. The lowest BCUT2D eigenvalue weighted by Gasteiger charge is -2.15. The van der Waals surface area contributed by atoms with Crippen molar-refractivity contribution in [1.82, 2.24) is 19.7 Å². The SMILES string of the molecule is CCOC(=O)CSc1nnc(N)n1C(C)C(=O)Nc1nc(C)c(C(=O)OC(C)C)s1. The molecule has 2 aromatic heterocycles. The monoisotopic (exact) mass is 456 g/mol. The van der Waals surface area contributed by atoms with Gasteiger partial charge in [-0.2, -0.15) is 0 Å². The van der Waals surface area contributed by atoms with Gasteiger partial charge in [0.2, 0.25) is 11.9 Å². The van der Waals surface area contributed by atoms with E-state index in [-0.39, 0.29) is 29.5 Å². The molecule has 0 aliphatic carbocycles. The summed E-state index contributed by atoms with van der Waals surface area (Å²) in [5.41, 5.74) is 6.32. The molecule has 0 saturated heterocycles. The third-order valence-electron chi connectivity index (χ3n) is 3.64. The fraction of sp³-hybridized carbons (Fsp3) is 0.529. The number of thiazole rings is 1. The number of carbonyl (C=O) groups excluding carboxylic acids is 3. The normalized spacial score (nSPS) is 11.9. The molecule has 164 valence electrons. The summed E-state index contributed by atoms with van der Waals surface area (Å²) in [4.78, 5) is 41.0. The third kappa shape index (κ3) is 5.92. The van der Waals surface area contributed by atoms with Crippen LogP contribution in [0.5, 0.6) is 0 Å². The fourth-order valence-electron chi connectivity index (χ4n) is 2.31. The smallest absolute Gasteiger partial charge is 0.350 e. The van der Waals surface area contributed by atoms with Crippen molar-refractivity contribution in [3.8, 4) is 0 Å². The molecule has 0 bridgehead atoms. The highest BCUT2D eigenvalue weighted by molar-refractivity contribution is 7.99. The first-order valence-electron chi connectivity index (χ1n) is 9.12. The van der Waals surface area contributed by atoms with Crippen LogP contribution in [-0.2, 0) is 19.1 Å². The summed E-state index contributed by atoms with van der Waals surface area (Å²) in [5.74, 6) is -1.30. The minimum absolute atomic E-state index is 0.00725. The molecule has 0 radical (unpaired) electrons. The number of amides is 1. The second kappa shape index (κ2) is 10.4. The highest BCUT2D eigenvalue weighted by Gasteiger charge is 2.25. The Bertz CT molecular complexity index is 926. The van der Waals surface area contributed by atoms with Crippen LogP contribution in [0, 0.1) is 6.92 Å². The quantitative estimate of drug-likeness (QED) is 0.423. The second-order valence-corrected chi connectivity index (χ2v) is 8.30. The highest BCUT2D eigenvalue weighted by atomic mass is 32.2. The number of carbonyl (C=O) groups is 3. The predicted octanol–water partition coefficient (Wildman–Crippen LogP) is 2.05. The van der Waals surface area contributed by atoms with E-state index >= 15 is 0 Å². The summed E-state index contributed by atoms with van der Waals surface area (Å²) in [5, 5.41) is 10.9. The lowest BCUT2D eigenvalue weighted by Crippen LogP contribution is -2.25. The molecule has 11 nitrogen and oxygen atoms in total. The summed E-state index contributed by atoms with van der Waals surface area (Å²) in [7, 11) is 0. The predicted molar refractivity (Wildman–Crippen MR) is 113 cm³/mol. The van der Waals surface area contributed by atoms with Crippen molar-refractivity contribution in [3.63, 3.8) is 0 Å². The number of hydrogen-bond donors (Lipinski definition) is 2. The molecule has 2 aromatic rings. The van der Waals surface area contributed by atoms with Crippen molar-refractivity contribution in [2.45, 2.75) is 51.9 Å². The van der Waals surface area contributed by atoms with Crippen LogP contribution in [0.3, 0.4) is 0 Å². The van der Waals surface area contributed by atoms with Crippen LogP contribution in [0.1, 0.15) is 49.1 Å². The van der Waals surface area contributed by atoms with Crippen LogP contribution in [0.4, 0.5) is 11.1 Å². The minimum Gasteiger partial charge on any atom is -0.465 e. The number of nitrogens with one attached hydrogen (secondary N) is 1. The van der Waals surface area contributed by atoms with Gasteiger partial charge in [-0.15, -0.1) is 10.2 Å². The number of thioether (sulfide) groups is 1. The van der Waals surface area contributed by atoms with Crippen molar-refractivity contribution < 1.29 is 23.9 Å². The molecular weight excluding hydrogens is 432 g/mol. The van der Waals surface area contributed by atoms with E-state index < -0.39 is 23.9 Å². The van der Waals surface area contributed by atoms with Crippen LogP contribution in [-0.4, -0.2) is 56.1 Å². The minimum atomic E-state index is -0.792. The summed E-state index contributed by atoms with van der Waals surface area (Å²) < 4.78 is 11.5. The van der Waals surface area contributed by atoms with E-state index in [9.17, 15) is 14.4 Å². The molecule has 0 fully saturated rings. The van der Waals surface area contributed by atoms with Crippen molar-refractivity contribution in [2.75, 3.05) is 23.4 Å². The molecule has 2 heterocycles. The first-order valence-corrected chi connectivity index (χ1v) is 10.9. The van der Waals surface area contributed by atoms with Gasteiger partial charge in [0.15, 0.2) is 10.3 Å². The number of aromatic nitrogens is 4. The Morgan fingerprint density at radius 3 is 2.60 bits per heavy atom. The van der Waals surface area contributed by atoms with Crippen LogP contribution < -0.4 is 11.1 Å². The molecule has 1 atom stereocenters. The van der Waals surface area contributed by atoms with Crippen molar-refractivity contribution in [1.29, 1.82) is 0 Å². The van der Waals surface area contributed by atoms with E-state index in [0.717, 1.165) is 23.1 Å². The number of nitrogen functional groups attached to an aromatic ring is 1. The number of anilines is 2. The molecule has 0 saturated carbocycles. The standard InChI is InChI=1S/C17H24N6O5S2/c1-6-27-11(24)7-29-17-22-21-15(18)23(17)10(5)13(25)20-16-19-9(4)12(30-16)14(26)28-8(2)3/h8,10H,6-7H2,1-5H3,(H2,18,21)(H,19,20,25). The first kappa shape index (κ1) is 23.6. The Morgan fingerprint density at radius 2 is 1.97 bits per heavy atom. The van der Waals surface area contributed by atoms with E-state index in [0.29, 0.717) is 15.7 Å². The molecule has 0 spiro atoms. The molecule has 2 rings (SSSR count). The number of nitrogens with zero attached hydrogens (tertiary/aromatic N) is 4. The van der Waals surface area contributed by atoms with Gasteiger partial charge in [-0.3, -0.25) is 14.2 Å². The number of ether oxygens (including phenoxy) is 2. The number of aryl methyl sites for hydroxylation is 1. The van der Waals surface area contributed by atoms with Gasteiger partial charge in [0.25, 0.3) is 0 Å². The average Bonchev–Trinajstić information content (AvgIpc) is 3.21. The van der Waals surface area contributed by atoms with E-state index in [1.165, 1.54) is 4.57 Å². The molecule has 1 unspecified atom stereocenters. The van der Waals surface area contributed by atoms with Gasteiger partial charge in [0.1, 0.15) is 10.9 Å². The van der Waals surface area contributed by atoms with Gasteiger partial charge in [0.05, 0.1) is 24.2 Å². The van der Waals surface area contributed by atoms with Crippen molar-refractivity contribution in [3.05, 3.63) is 10.6 Å². The largest absolute Gasteiger partial charge is 0.465 e. The topological polar surface area (TPSA) is 151 Å². The van der Waals surface area contributed by atoms with Gasteiger partial charge in [-0.1, -0.05) is 23.1 Å². The van der Waals surface area contributed by atoms with Crippen LogP contribution >= 0.6 is 23.1 Å². The third-order valence-corrected chi connectivity index (χ3v) is 5.61. The lowest BCUT2D eigenvalue weighted by molar-refractivity contribution is -0.139. The summed E-state index contributed by atoms with van der Waals surface area (Å²) >= 11 is 2.09. The molecular formula is C17H24N6O5S2. The zero-order valence-corrected chi connectivity index (χ0v) is 18.9. The van der Waals surface area contributed by atoms with Crippen molar-refractivity contribution in [2.24, 2.45) is 0 Å². The van der Waals surface area contributed by atoms with Crippen LogP contribution in [0.25, 0.3) is 0 Å². The number of hydrogen-bond acceptors (Lipinski definition) is 11. The van der Waals surface area contributed by atoms with E-state index in [4.69, 9.17) is 15.2 Å². The second-order valence-electron chi connectivity index (χ2n) is 6.36. The number of esters is 2. The summed E-state index contributed by atoms with van der Waals surface area (Å²) in [6.07, 6.45) is -0.265. The van der Waals surface area contributed by atoms with Gasteiger partial charge >= 0.3 is 11.9 Å². The maximum atomic E-state index is 12.7. The zero-order chi connectivity index (χ0) is 22.4. The first-order chi connectivity index (χ1) is 14.1. The maximum absolute atomic E-state index is 12.7. The highest BCUT2D eigenvalue weighted by Crippen LogP contribution is 2.27. The van der Waals surface area contributed by atoms with Gasteiger partial charge in [0, 0.05) is 0 Å². The summed E-state index contributed by atoms with van der Waals surface area (Å²) in [6, 6.07) is -0.792. The Morgan fingerprint density at radius 1 is 1.27 bits per heavy atom. The van der Waals surface area contributed by atoms with E-state index in [1.807, 2.05) is 0 Å². The number of rotatable bonds is 9. The average molecular weight is 457 g/mol. The molecule has 3 N–H and O–H groups in total. The Labute approximate surface area is 181 Å². The molecule has 0 aliphatic rings. The maximum Gasteiger partial charge on any atom is 0.350 e. The van der Waals surface area contributed by atoms with Gasteiger partial charge in [-0.25, -0.2) is 9.78 Å². The molecule has 13 heteroatoms. The van der Waals surface area contributed by atoms with E-state index in [2.05, 4.69) is 20.5 Å².